The lowest BCUT2D eigenvalue weighted by Crippen LogP contribution is -2.48. The molecule has 2 unspecified atom stereocenters. The third-order valence-electron chi connectivity index (χ3n) is 4.33. The minimum absolute atomic E-state index is 0.119. The van der Waals surface area contributed by atoms with Gasteiger partial charge in [-0.25, -0.2) is 4.79 Å². The van der Waals surface area contributed by atoms with Gasteiger partial charge in [-0.15, -0.1) is 0 Å². The van der Waals surface area contributed by atoms with E-state index < -0.39 is 6.10 Å². The van der Waals surface area contributed by atoms with Gasteiger partial charge >= 0.3 is 6.03 Å². The molecule has 2 atom stereocenters. The average molecular weight is 305 g/mol. The zero-order valence-corrected chi connectivity index (χ0v) is 13.7. The number of amides is 2. The summed E-state index contributed by atoms with van der Waals surface area (Å²) in [4.78, 5) is 14.0. The fraction of sp³-hybridized carbons (Fsp3) is 0.588. The topological polar surface area (TPSA) is 64.6 Å². The van der Waals surface area contributed by atoms with Gasteiger partial charge in [-0.1, -0.05) is 18.9 Å². The molecule has 1 aromatic carbocycles. The number of aryl methyl sites for hydroxylation is 1. The van der Waals surface area contributed by atoms with Crippen LogP contribution in [0.15, 0.2) is 18.2 Å². The summed E-state index contributed by atoms with van der Waals surface area (Å²) >= 11 is 0. The van der Waals surface area contributed by atoms with E-state index in [1.54, 1.807) is 0 Å². The van der Waals surface area contributed by atoms with Crippen LogP contribution < -0.4 is 15.5 Å². The van der Waals surface area contributed by atoms with Crippen molar-refractivity contribution in [2.75, 3.05) is 19.0 Å². The standard InChI is InChI=1S/C17H27N3O2/c1-12-10-14(20(2)3)9-8-13(12)11-18-17(22)19-15-6-4-5-7-16(15)21/h8-10,15-16,21H,4-7,11H2,1-3H3,(H2,18,19,22). The Kier molecular flexibility index (Phi) is 5.66. The van der Waals surface area contributed by atoms with E-state index in [1.165, 1.54) is 0 Å². The van der Waals surface area contributed by atoms with Crippen LogP contribution >= 0.6 is 0 Å². The summed E-state index contributed by atoms with van der Waals surface area (Å²) in [5, 5.41) is 15.6. The lowest BCUT2D eigenvalue weighted by atomic mass is 9.93. The van der Waals surface area contributed by atoms with E-state index in [0.29, 0.717) is 6.54 Å². The minimum atomic E-state index is -0.416. The number of aliphatic hydroxyl groups excluding tert-OH is 1. The second kappa shape index (κ2) is 7.49. The molecule has 0 bridgehead atoms. The highest BCUT2D eigenvalue weighted by atomic mass is 16.3. The van der Waals surface area contributed by atoms with Crippen molar-refractivity contribution in [1.29, 1.82) is 0 Å². The van der Waals surface area contributed by atoms with Crippen LogP contribution in [0, 0.1) is 6.92 Å². The molecule has 1 aliphatic rings. The molecular weight excluding hydrogens is 278 g/mol. The first-order valence-electron chi connectivity index (χ1n) is 7.96. The van der Waals surface area contributed by atoms with E-state index in [9.17, 15) is 9.90 Å². The Bertz CT molecular complexity index is 517. The Morgan fingerprint density at radius 3 is 2.68 bits per heavy atom. The third-order valence-corrected chi connectivity index (χ3v) is 4.33. The molecule has 122 valence electrons. The molecule has 2 rings (SSSR count). The van der Waals surface area contributed by atoms with Crippen molar-refractivity contribution in [1.82, 2.24) is 10.6 Å². The van der Waals surface area contributed by atoms with Crippen LogP contribution in [0.5, 0.6) is 0 Å². The highest BCUT2D eigenvalue weighted by molar-refractivity contribution is 5.74. The summed E-state index contributed by atoms with van der Waals surface area (Å²) < 4.78 is 0. The molecule has 0 spiro atoms. The smallest absolute Gasteiger partial charge is 0.315 e. The van der Waals surface area contributed by atoms with Crippen LogP contribution in [-0.4, -0.2) is 37.4 Å². The normalized spacial score (nSPS) is 21.3. The predicted octanol–water partition coefficient (Wildman–Crippen LogP) is 2.16. The summed E-state index contributed by atoms with van der Waals surface area (Å²) in [5.41, 5.74) is 3.41. The van der Waals surface area contributed by atoms with E-state index in [-0.39, 0.29) is 12.1 Å². The average Bonchev–Trinajstić information content (AvgIpc) is 2.48. The van der Waals surface area contributed by atoms with Crippen molar-refractivity contribution in [2.45, 2.75) is 51.3 Å². The molecule has 0 radical (unpaired) electrons. The van der Waals surface area contributed by atoms with E-state index in [2.05, 4.69) is 21.6 Å². The SMILES string of the molecule is Cc1cc(N(C)C)ccc1CNC(=O)NC1CCCCC1O. The van der Waals surface area contributed by atoms with E-state index in [0.717, 1.165) is 42.5 Å². The molecular formula is C17H27N3O2. The van der Waals surface area contributed by atoms with Gasteiger partial charge in [0.25, 0.3) is 0 Å². The molecule has 3 N–H and O–H groups in total. The largest absolute Gasteiger partial charge is 0.391 e. The highest BCUT2D eigenvalue weighted by Gasteiger charge is 2.24. The molecule has 0 saturated heterocycles. The van der Waals surface area contributed by atoms with Gasteiger partial charge in [0.15, 0.2) is 0 Å². The Balaban J connectivity index is 1.85. The van der Waals surface area contributed by atoms with Gasteiger partial charge in [-0.2, -0.15) is 0 Å². The fourth-order valence-corrected chi connectivity index (χ4v) is 2.83. The number of carbonyl (C=O) groups is 1. The molecule has 2 amide bonds. The number of carbonyl (C=O) groups excluding carboxylic acids is 1. The summed E-state index contributed by atoms with van der Waals surface area (Å²) in [6.07, 6.45) is 3.31. The lowest BCUT2D eigenvalue weighted by Gasteiger charge is -2.28. The number of urea groups is 1. The van der Waals surface area contributed by atoms with E-state index in [1.807, 2.05) is 33.2 Å². The van der Waals surface area contributed by atoms with Crippen LogP contribution in [-0.2, 0) is 6.54 Å². The Labute approximate surface area is 132 Å². The van der Waals surface area contributed by atoms with Crippen molar-refractivity contribution >= 4 is 11.7 Å². The van der Waals surface area contributed by atoms with Crippen molar-refractivity contribution in [2.24, 2.45) is 0 Å². The summed E-state index contributed by atoms with van der Waals surface area (Å²) in [5.74, 6) is 0. The molecule has 0 aliphatic heterocycles. The number of benzene rings is 1. The van der Waals surface area contributed by atoms with Gasteiger partial charge in [0.05, 0.1) is 12.1 Å². The zero-order chi connectivity index (χ0) is 16.1. The molecule has 0 aromatic heterocycles. The second-order valence-corrected chi connectivity index (χ2v) is 6.29. The van der Waals surface area contributed by atoms with Crippen LogP contribution in [0.25, 0.3) is 0 Å². The Morgan fingerprint density at radius 1 is 1.32 bits per heavy atom. The summed E-state index contributed by atoms with van der Waals surface area (Å²) in [7, 11) is 4.02. The number of anilines is 1. The third kappa shape index (κ3) is 4.37. The van der Waals surface area contributed by atoms with Gasteiger partial charge < -0.3 is 20.6 Å². The van der Waals surface area contributed by atoms with Crippen molar-refractivity contribution in [3.63, 3.8) is 0 Å². The molecule has 1 aromatic rings. The van der Waals surface area contributed by atoms with Crippen LogP contribution in [0.2, 0.25) is 0 Å². The molecule has 0 heterocycles. The van der Waals surface area contributed by atoms with Gasteiger partial charge in [0, 0.05) is 26.3 Å². The summed E-state index contributed by atoms with van der Waals surface area (Å²) in [6.45, 7) is 2.54. The first-order chi connectivity index (χ1) is 10.5. The van der Waals surface area contributed by atoms with Crippen LogP contribution in [0.4, 0.5) is 10.5 Å². The molecule has 1 fully saturated rings. The highest BCUT2D eigenvalue weighted by Crippen LogP contribution is 2.19. The zero-order valence-electron chi connectivity index (χ0n) is 13.7. The molecule has 22 heavy (non-hydrogen) atoms. The van der Waals surface area contributed by atoms with Gasteiger partial charge in [-0.05, 0) is 43.0 Å². The number of rotatable bonds is 4. The van der Waals surface area contributed by atoms with Crippen molar-refractivity contribution in [3.05, 3.63) is 29.3 Å². The lowest BCUT2D eigenvalue weighted by molar-refractivity contribution is 0.0943. The Hall–Kier alpha value is -1.75. The molecule has 1 saturated carbocycles. The van der Waals surface area contributed by atoms with Gasteiger partial charge in [0.2, 0.25) is 0 Å². The van der Waals surface area contributed by atoms with Gasteiger partial charge in [0.1, 0.15) is 0 Å². The van der Waals surface area contributed by atoms with Crippen LogP contribution in [0.1, 0.15) is 36.8 Å². The number of aliphatic hydroxyl groups is 1. The van der Waals surface area contributed by atoms with Crippen LogP contribution in [0.3, 0.4) is 0 Å². The molecule has 1 aliphatic carbocycles. The Morgan fingerprint density at radius 2 is 2.05 bits per heavy atom. The first-order valence-corrected chi connectivity index (χ1v) is 7.96. The number of nitrogens with one attached hydrogen (secondary N) is 2. The van der Waals surface area contributed by atoms with Crippen molar-refractivity contribution in [3.8, 4) is 0 Å². The molecule has 5 nitrogen and oxygen atoms in total. The maximum absolute atomic E-state index is 12.0. The maximum Gasteiger partial charge on any atom is 0.315 e. The number of nitrogens with zero attached hydrogens (tertiary/aromatic N) is 1. The molecule has 5 heteroatoms. The van der Waals surface area contributed by atoms with E-state index >= 15 is 0 Å². The van der Waals surface area contributed by atoms with E-state index in [4.69, 9.17) is 0 Å². The quantitative estimate of drug-likeness (QED) is 0.799. The number of hydrogen-bond acceptors (Lipinski definition) is 3. The predicted molar refractivity (Wildman–Crippen MR) is 89.1 cm³/mol. The van der Waals surface area contributed by atoms with Gasteiger partial charge in [-0.3, -0.25) is 0 Å². The second-order valence-electron chi connectivity index (χ2n) is 6.29. The minimum Gasteiger partial charge on any atom is -0.391 e. The summed E-state index contributed by atoms with van der Waals surface area (Å²) in [6, 6.07) is 5.88. The monoisotopic (exact) mass is 305 g/mol. The number of hydrogen-bond donors (Lipinski definition) is 3. The fourth-order valence-electron chi connectivity index (χ4n) is 2.83. The maximum atomic E-state index is 12.0. The van der Waals surface area contributed by atoms with Crippen molar-refractivity contribution < 1.29 is 9.90 Å². The first kappa shape index (κ1) is 16.6.